The fraction of sp³-hybridized carbons (Fsp3) is 0.467. The van der Waals surface area contributed by atoms with E-state index >= 15 is 0 Å². The number of alkyl halides is 3. The van der Waals surface area contributed by atoms with Crippen molar-refractivity contribution in [1.29, 1.82) is 0 Å². The molecule has 2 amide bonds. The Kier molecular flexibility index (Phi) is 6.44. The van der Waals surface area contributed by atoms with Crippen LogP contribution in [0.3, 0.4) is 0 Å². The minimum Gasteiger partial charge on any atom is -0.336 e. The molecule has 1 aromatic rings. The van der Waals surface area contributed by atoms with Crippen LogP contribution in [0.5, 0.6) is 0 Å². The third-order valence-corrected chi connectivity index (χ3v) is 3.68. The van der Waals surface area contributed by atoms with E-state index in [4.69, 9.17) is 11.6 Å². The number of likely N-dealkylation sites (N-methyl/N-ethyl adjacent to an activating group) is 1. The van der Waals surface area contributed by atoms with Crippen LogP contribution < -0.4 is 5.32 Å². The van der Waals surface area contributed by atoms with Gasteiger partial charge in [0.15, 0.2) is 0 Å². The van der Waals surface area contributed by atoms with E-state index in [-0.39, 0.29) is 24.1 Å². The van der Waals surface area contributed by atoms with Crippen molar-refractivity contribution >= 4 is 29.1 Å². The Labute approximate surface area is 137 Å². The Balaban J connectivity index is 2.77. The minimum atomic E-state index is -4.61. The van der Waals surface area contributed by atoms with Crippen LogP contribution in [0.15, 0.2) is 18.2 Å². The van der Waals surface area contributed by atoms with Crippen molar-refractivity contribution in [1.82, 2.24) is 4.90 Å². The van der Waals surface area contributed by atoms with Crippen LogP contribution in [-0.4, -0.2) is 30.3 Å². The van der Waals surface area contributed by atoms with Crippen LogP contribution in [0, 0.1) is 5.92 Å². The second kappa shape index (κ2) is 7.68. The summed E-state index contributed by atoms with van der Waals surface area (Å²) in [5.41, 5.74) is -1.06. The summed E-state index contributed by atoms with van der Waals surface area (Å²) in [5, 5.41) is 1.89. The van der Waals surface area contributed by atoms with Gasteiger partial charge in [-0.2, -0.15) is 13.2 Å². The molecule has 0 radical (unpaired) electrons. The molecule has 1 N–H and O–H groups in total. The fourth-order valence-corrected chi connectivity index (χ4v) is 2.09. The highest BCUT2D eigenvalue weighted by Crippen LogP contribution is 2.36. The van der Waals surface area contributed by atoms with Crippen LogP contribution >= 0.6 is 11.6 Å². The van der Waals surface area contributed by atoms with Crippen molar-refractivity contribution in [2.24, 2.45) is 5.92 Å². The molecule has 0 spiro atoms. The Hall–Kier alpha value is -1.76. The largest absolute Gasteiger partial charge is 0.417 e. The maximum atomic E-state index is 12.8. The number of halogens is 4. The average Bonchev–Trinajstić information content (AvgIpc) is 2.46. The van der Waals surface area contributed by atoms with Gasteiger partial charge in [0.2, 0.25) is 11.8 Å². The summed E-state index contributed by atoms with van der Waals surface area (Å²) in [6.45, 7) is 3.35. The van der Waals surface area contributed by atoms with Crippen molar-refractivity contribution in [3.63, 3.8) is 0 Å². The van der Waals surface area contributed by atoms with E-state index in [0.717, 1.165) is 12.1 Å². The maximum absolute atomic E-state index is 12.8. The fourth-order valence-electron chi connectivity index (χ4n) is 1.86. The van der Waals surface area contributed by atoms with Gasteiger partial charge in [-0.3, -0.25) is 9.59 Å². The SMILES string of the molecule is CCC(C)C(=O)N(C)CC(=O)Nc1ccc(Cl)c(C(F)(F)F)c1. The van der Waals surface area contributed by atoms with Crippen molar-refractivity contribution in [3.05, 3.63) is 28.8 Å². The van der Waals surface area contributed by atoms with Gasteiger partial charge < -0.3 is 10.2 Å². The van der Waals surface area contributed by atoms with Crippen LogP contribution in [0.25, 0.3) is 0 Å². The molecule has 1 rings (SSSR count). The molecule has 0 aromatic heterocycles. The van der Waals surface area contributed by atoms with E-state index in [1.54, 1.807) is 6.92 Å². The van der Waals surface area contributed by atoms with Gasteiger partial charge in [0.1, 0.15) is 0 Å². The first kappa shape index (κ1) is 19.3. The molecule has 8 heteroatoms. The maximum Gasteiger partial charge on any atom is 0.417 e. The molecular weight excluding hydrogens is 333 g/mol. The van der Waals surface area contributed by atoms with Gasteiger partial charge in [-0.05, 0) is 24.6 Å². The summed E-state index contributed by atoms with van der Waals surface area (Å²) in [6.07, 6.45) is -3.97. The molecule has 0 aliphatic carbocycles. The lowest BCUT2D eigenvalue weighted by Gasteiger charge is -2.20. The van der Waals surface area contributed by atoms with E-state index < -0.39 is 22.7 Å². The summed E-state index contributed by atoms with van der Waals surface area (Å²) in [5.74, 6) is -1.01. The third-order valence-electron chi connectivity index (χ3n) is 3.35. The van der Waals surface area contributed by atoms with Crippen LogP contribution in [-0.2, 0) is 15.8 Å². The van der Waals surface area contributed by atoms with Crippen LogP contribution in [0.2, 0.25) is 5.02 Å². The van der Waals surface area contributed by atoms with Gasteiger partial charge in [0, 0.05) is 18.7 Å². The third kappa shape index (κ3) is 5.42. The number of nitrogens with zero attached hydrogens (tertiary/aromatic N) is 1. The molecule has 1 aromatic carbocycles. The second-order valence-electron chi connectivity index (χ2n) is 5.24. The number of anilines is 1. The van der Waals surface area contributed by atoms with Gasteiger partial charge in [-0.25, -0.2) is 0 Å². The van der Waals surface area contributed by atoms with Gasteiger partial charge in [-0.1, -0.05) is 25.4 Å². The lowest BCUT2D eigenvalue weighted by molar-refractivity contribution is -0.137. The standard InChI is InChI=1S/C15H18ClF3N2O2/c1-4-9(2)14(23)21(3)8-13(22)20-10-5-6-12(16)11(7-10)15(17,18)19/h5-7,9H,4,8H2,1-3H3,(H,20,22). The number of benzene rings is 1. The number of hydrogen-bond acceptors (Lipinski definition) is 2. The summed E-state index contributed by atoms with van der Waals surface area (Å²) in [7, 11) is 1.47. The van der Waals surface area contributed by atoms with Gasteiger partial charge >= 0.3 is 6.18 Å². The molecule has 0 saturated heterocycles. The molecule has 0 bridgehead atoms. The molecule has 0 fully saturated rings. The van der Waals surface area contributed by atoms with Gasteiger partial charge in [0.05, 0.1) is 17.1 Å². The lowest BCUT2D eigenvalue weighted by Crippen LogP contribution is -2.37. The molecule has 0 saturated carbocycles. The zero-order chi connectivity index (χ0) is 17.8. The van der Waals surface area contributed by atoms with E-state index in [2.05, 4.69) is 5.32 Å². The molecule has 0 aliphatic rings. The normalized spacial score (nSPS) is 12.7. The van der Waals surface area contributed by atoms with Crippen molar-refractivity contribution in [2.75, 3.05) is 18.9 Å². The van der Waals surface area contributed by atoms with Gasteiger partial charge in [-0.15, -0.1) is 0 Å². The van der Waals surface area contributed by atoms with Crippen molar-refractivity contribution < 1.29 is 22.8 Å². The first-order valence-electron chi connectivity index (χ1n) is 6.97. The highest BCUT2D eigenvalue weighted by atomic mass is 35.5. The smallest absolute Gasteiger partial charge is 0.336 e. The Bertz CT molecular complexity index is 591. The van der Waals surface area contributed by atoms with Crippen molar-refractivity contribution in [3.8, 4) is 0 Å². The number of amides is 2. The first-order valence-corrected chi connectivity index (χ1v) is 7.35. The Morgan fingerprint density at radius 3 is 2.48 bits per heavy atom. The Morgan fingerprint density at radius 2 is 1.96 bits per heavy atom. The zero-order valence-corrected chi connectivity index (χ0v) is 13.8. The summed E-state index contributed by atoms with van der Waals surface area (Å²) < 4.78 is 38.3. The molecule has 1 unspecified atom stereocenters. The Morgan fingerprint density at radius 1 is 1.35 bits per heavy atom. The second-order valence-corrected chi connectivity index (χ2v) is 5.65. The monoisotopic (exact) mass is 350 g/mol. The quantitative estimate of drug-likeness (QED) is 0.878. The highest BCUT2D eigenvalue weighted by molar-refractivity contribution is 6.31. The molecular formula is C15H18ClF3N2O2. The lowest BCUT2D eigenvalue weighted by atomic mass is 10.1. The van der Waals surface area contributed by atoms with Crippen molar-refractivity contribution in [2.45, 2.75) is 26.4 Å². The van der Waals surface area contributed by atoms with E-state index in [0.29, 0.717) is 6.42 Å². The number of nitrogens with one attached hydrogen (secondary N) is 1. The zero-order valence-electron chi connectivity index (χ0n) is 13.0. The molecule has 128 valence electrons. The predicted molar refractivity (Wildman–Crippen MR) is 82.2 cm³/mol. The summed E-state index contributed by atoms with van der Waals surface area (Å²) in [6, 6.07) is 3.09. The van der Waals surface area contributed by atoms with E-state index in [9.17, 15) is 22.8 Å². The molecule has 0 heterocycles. The number of rotatable bonds is 5. The van der Waals surface area contributed by atoms with Crippen LogP contribution in [0.1, 0.15) is 25.8 Å². The minimum absolute atomic E-state index is 0.0314. The molecule has 1 atom stereocenters. The topological polar surface area (TPSA) is 49.4 Å². The van der Waals surface area contributed by atoms with Crippen LogP contribution in [0.4, 0.5) is 18.9 Å². The number of hydrogen-bond donors (Lipinski definition) is 1. The van der Waals surface area contributed by atoms with Gasteiger partial charge in [0.25, 0.3) is 0 Å². The predicted octanol–water partition coefficient (Wildman–Crippen LogP) is 3.80. The molecule has 0 aliphatic heterocycles. The number of carbonyl (C=O) groups is 2. The molecule has 23 heavy (non-hydrogen) atoms. The first-order chi connectivity index (χ1) is 10.6. The van der Waals surface area contributed by atoms with E-state index in [1.165, 1.54) is 18.0 Å². The highest BCUT2D eigenvalue weighted by Gasteiger charge is 2.33. The average molecular weight is 351 g/mol. The summed E-state index contributed by atoms with van der Waals surface area (Å²) >= 11 is 5.51. The molecule has 4 nitrogen and oxygen atoms in total. The summed E-state index contributed by atoms with van der Waals surface area (Å²) in [4.78, 5) is 25.0. The van der Waals surface area contributed by atoms with E-state index in [1.807, 2.05) is 6.92 Å². The number of carbonyl (C=O) groups excluding carboxylic acids is 2.